The number of methoxy groups -OCH3 is 1. The minimum atomic E-state index is -0.352. The zero-order valence-corrected chi connectivity index (χ0v) is 29.5. The number of nitrogens with zero attached hydrogens (tertiary/aromatic N) is 5. The van der Waals surface area contributed by atoms with E-state index in [1.807, 2.05) is 54.3 Å². The van der Waals surface area contributed by atoms with Crippen molar-refractivity contribution in [2.24, 2.45) is 20.0 Å². The van der Waals surface area contributed by atoms with E-state index in [0.717, 1.165) is 81.2 Å². The summed E-state index contributed by atoms with van der Waals surface area (Å²) in [4.78, 5) is 14.7. The maximum absolute atomic E-state index is 13.3. The Morgan fingerprint density at radius 1 is 1.09 bits per heavy atom. The second-order valence-electron chi connectivity index (χ2n) is 12.5. The van der Waals surface area contributed by atoms with Crippen LogP contribution in [0, 0.1) is 19.8 Å². The summed E-state index contributed by atoms with van der Waals surface area (Å²) in [7, 11) is 5.46. The van der Waals surface area contributed by atoms with Crippen LogP contribution in [-0.4, -0.2) is 43.8 Å². The summed E-state index contributed by atoms with van der Waals surface area (Å²) < 4.78 is 17.9. The summed E-state index contributed by atoms with van der Waals surface area (Å²) in [5.41, 5.74) is 10.1. The molecule has 8 nitrogen and oxygen atoms in total. The summed E-state index contributed by atoms with van der Waals surface area (Å²) in [6.45, 7) is 5.26. The maximum Gasteiger partial charge on any atom is 0.354 e. The van der Waals surface area contributed by atoms with Gasteiger partial charge in [-0.3, -0.25) is 9.36 Å². The van der Waals surface area contributed by atoms with Gasteiger partial charge in [-0.2, -0.15) is 10.2 Å². The fourth-order valence-corrected chi connectivity index (χ4v) is 9.61. The van der Waals surface area contributed by atoms with Crippen molar-refractivity contribution in [3.8, 4) is 11.1 Å². The zero-order chi connectivity index (χ0) is 32.1. The fraction of sp³-hybridized carbons (Fsp3) is 0.457. The van der Waals surface area contributed by atoms with Crippen molar-refractivity contribution in [3.05, 3.63) is 79.6 Å². The first-order valence-corrected chi connectivity index (χ1v) is 18.5. The number of aromatic nitrogens is 5. The summed E-state index contributed by atoms with van der Waals surface area (Å²) in [6.07, 6.45) is 7.70. The number of fused-ring (bicyclic) bond motifs is 6. The summed E-state index contributed by atoms with van der Waals surface area (Å²) >= 11 is 10.8. The molecule has 3 aliphatic rings. The summed E-state index contributed by atoms with van der Waals surface area (Å²) in [6, 6.07) is 6.21. The molecule has 1 aliphatic heterocycles. The number of carbonyl (C=O) groups is 1. The molecule has 242 valence electrons. The van der Waals surface area contributed by atoms with E-state index in [2.05, 4.69) is 23.6 Å². The smallest absolute Gasteiger partial charge is 0.354 e. The minimum absolute atomic E-state index is 0.352. The molecular weight excluding hydrogens is 638 g/mol. The van der Waals surface area contributed by atoms with Crippen LogP contribution in [0.2, 0.25) is 5.02 Å². The second-order valence-corrected chi connectivity index (χ2v) is 15.0. The van der Waals surface area contributed by atoms with Crippen LogP contribution >= 0.6 is 35.1 Å². The quantitative estimate of drug-likeness (QED) is 0.188. The first kappa shape index (κ1) is 31.5. The third-order valence-corrected chi connectivity index (χ3v) is 12.1. The molecule has 1 aromatic carbocycles. The lowest BCUT2D eigenvalue weighted by molar-refractivity contribution is 0.0587. The highest BCUT2D eigenvalue weighted by atomic mass is 35.5. The number of hydrogen-bond acceptors (Lipinski definition) is 7. The summed E-state index contributed by atoms with van der Waals surface area (Å²) in [5, 5.41) is 11.4. The molecule has 0 N–H and O–H groups in total. The van der Waals surface area contributed by atoms with Gasteiger partial charge in [0.2, 0.25) is 0 Å². The van der Waals surface area contributed by atoms with E-state index < -0.39 is 0 Å². The Bertz CT molecular complexity index is 1920. The van der Waals surface area contributed by atoms with E-state index in [1.165, 1.54) is 36.1 Å². The Balaban J connectivity index is 1.34. The predicted molar refractivity (Wildman–Crippen MR) is 187 cm³/mol. The van der Waals surface area contributed by atoms with Crippen molar-refractivity contribution in [2.45, 2.75) is 69.8 Å². The number of rotatable bonds is 1. The van der Waals surface area contributed by atoms with E-state index >= 15 is 0 Å². The molecule has 11 heteroatoms. The van der Waals surface area contributed by atoms with Crippen LogP contribution in [0.5, 0.6) is 0 Å². The van der Waals surface area contributed by atoms with Gasteiger partial charge < -0.3 is 14.0 Å². The van der Waals surface area contributed by atoms with Gasteiger partial charge in [0.25, 0.3) is 0 Å². The number of hydrogen-bond donors (Lipinski definition) is 0. The number of esters is 1. The number of allylic oxidation sites excluding steroid dienone is 3. The van der Waals surface area contributed by atoms with Gasteiger partial charge in [-0.15, -0.1) is 23.5 Å². The van der Waals surface area contributed by atoms with Gasteiger partial charge in [-0.1, -0.05) is 11.6 Å². The lowest BCUT2D eigenvalue weighted by Crippen LogP contribution is -2.14. The monoisotopic (exact) mass is 677 g/mol. The van der Waals surface area contributed by atoms with Crippen molar-refractivity contribution >= 4 is 52.0 Å². The molecule has 0 spiro atoms. The average Bonchev–Trinajstić information content (AvgIpc) is 3.79. The Labute approximate surface area is 283 Å². The van der Waals surface area contributed by atoms with Gasteiger partial charge in [0.1, 0.15) is 11.5 Å². The van der Waals surface area contributed by atoms with Gasteiger partial charge in [0.05, 0.1) is 25.1 Å². The number of benzene rings is 1. The first-order valence-electron chi connectivity index (χ1n) is 16.0. The Morgan fingerprint density at radius 3 is 2.76 bits per heavy atom. The highest BCUT2D eigenvalue weighted by Crippen LogP contribution is 2.46. The maximum atomic E-state index is 13.3. The Hall–Kier alpha value is -3.08. The molecule has 3 aromatic heterocycles. The average molecular weight is 678 g/mol. The molecule has 1 saturated carbocycles. The molecule has 0 saturated heterocycles. The third kappa shape index (κ3) is 5.60. The number of ether oxygens (including phenoxy) is 2. The molecule has 46 heavy (non-hydrogen) atoms. The van der Waals surface area contributed by atoms with E-state index in [1.54, 1.807) is 11.8 Å². The van der Waals surface area contributed by atoms with E-state index in [4.69, 9.17) is 31.3 Å². The molecule has 7 rings (SSSR count). The minimum Gasteiger partial charge on any atom is -0.494 e. The topological polar surface area (TPSA) is 76.1 Å². The Morgan fingerprint density at radius 2 is 1.93 bits per heavy atom. The molecule has 1 unspecified atom stereocenters. The van der Waals surface area contributed by atoms with Crippen LogP contribution in [0.3, 0.4) is 0 Å². The van der Waals surface area contributed by atoms with Crippen LogP contribution in [-0.2, 0) is 47.4 Å². The van der Waals surface area contributed by atoms with E-state index in [0.29, 0.717) is 35.5 Å². The van der Waals surface area contributed by atoms with Crippen molar-refractivity contribution in [2.75, 3.05) is 13.7 Å². The molecule has 4 aromatic rings. The van der Waals surface area contributed by atoms with Crippen LogP contribution in [0.15, 0.2) is 40.5 Å². The standard InChI is InChI=1S/C35H40ClN5O3S2/c1-20-31-29-11-10-27(36)33(31)32-21(2)39(3)38-28(32)19-45-17-23-15-24(40(4)37-23)18-46-25-14-22-8-6-9-26(22)30(16-25)44-13-7-12-41(29)34(20)35(42)43-5/h10-11,15-16,22H,6-9,12-14,17-19H2,1-5H3. The Kier molecular flexibility index (Phi) is 8.80. The van der Waals surface area contributed by atoms with Gasteiger partial charge in [-0.25, -0.2) is 4.79 Å². The zero-order valence-electron chi connectivity index (χ0n) is 27.1. The third-order valence-electron chi connectivity index (χ3n) is 9.71. The molecule has 1 fully saturated rings. The molecule has 0 radical (unpaired) electrons. The first-order chi connectivity index (χ1) is 22.2. The number of carbonyl (C=O) groups excluding carboxylic acids is 1. The van der Waals surface area contributed by atoms with Gasteiger partial charge in [0.15, 0.2) is 0 Å². The number of aryl methyl sites for hydroxylation is 4. The van der Waals surface area contributed by atoms with Gasteiger partial charge in [-0.05, 0) is 92.2 Å². The molecule has 8 bridgehead atoms. The normalized spacial score (nSPS) is 19.0. The number of thioether (sulfide) groups is 2. The highest BCUT2D eigenvalue weighted by molar-refractivity contribution is 8.02. The van der Waals surface area contributed by atoms with Gasteiger partial charge >= 0.3 is 5.97 Å². The predicted octanol–water partition coefficient (Wildman–Crippen LogP) is 8.26. The lowest BCUT2D eigenvalue weighted by Gasteiger charge is -2.23. The van der Waals surface area contributed by atoms with Crippen molar-refractivity contribution < 1.29 is 14.3 Å². The number of halogens is 1. The van der Waals surface area contributed by atoms with Gasteiger partial charge in [0, 0.05) is 76.3 Å². The largest absolute Gasteiger partial charge is 0.494 e. The van der Waals surface area contributed by atoms with Crippen LogP contribution in [0.4, 0.5) is 0 Å². The summed E-state index contributed by atoms with van der Waals surface area (Å²) in [5.74, 6) is 3.65. The van der Waals surface area contributed by atoms with Crippen LogP contribution < -0.4 is 0 Å². The van der Waals surface area contributed by atoms with Crippen LogP contribution in [0.1, 0.15) is 70.9 Å². The molecular formula is C35H40ClN5O3S2. The van der Waals surface area contributed by atoms with Crippen molar-refractivity contribution in [1.82, 2.24) is 24.1 Å². The van der Waals surface area contributed by atoms with Crippen molar-refractivity contribution in [3.63, 3.8) is 0 Å². The molecule has 0 amide bonds. The molecule has 2 aliphatic carbocycles. The van der Waals surface area contributed by atoms with Crippen molar-refractivity contribution in [1.29, 1.82) is 0 Å². The molecule has 4 heterocycles. The lowest BCUT2D eigenvalue weighted by atomic mass is 9.93. The van der Waals surface area contributed by atoms with E-state index in [-0.39, 0.29) is 5.97 Å². The van der Waals surface area contributed by atoms with Crippen LogP contribution in [0.25, 0.3) is 22.0 Å². The van der Waals surface area contributed by atoms with E-state index in [9.17, 15) is 4.79 Å². The SMILES string of the molecule is COC(=O)c1c(C)c2c3c(Cl)ccc2n1CCCOC1=C2CCCC2CC(=C1)SCc1cc(nn1C)CSCc1nn(C)c(C)c1-3. The second kappa shape index (κ2) is 12.8. The fourth-order valence-electron chi connectivity index (χ4n) is 7.40. The highest BCUT2D eigenvalue weighted by Gasteiger charge is 2.30. The molecule has 1 atom stereocenters.